The van der Waals surface area contributed by atoms with E-state index in [4.69, 9.17) is 11.6 Å². The smallest absolute Gasteiger partial charge is 0.252 e. The maximum absolute atomic E-state index is 13.4. The summed E-state index contributed by atoms with van der Waals surface area (Å²) in [5.74, 6) is -0.493. The molecule has 2 aromatic heterocycles. The number of hydrogen-bond donors (Lipinski definition) is 1. The summed E-state index contributed by atoms with van der Waals surface area (Å²) in [6.45, 7) is 1.62. The van der Waals surface area contributed by atoms with E-state index in [0.29, 0.717) is 21.6 Å². The van der Waals surface area contributed by atoms with Gasteiger partial charge in [0.05, 0.1) is 27.8 Å². The predicted octanol–water partition coefficient (Wildman–Crippen LogP) is 3.77. The Bertz CT molecular complexity index is 1380. The van der Waals surface area contributed by atoms with Crippen LogP contribution in [0.5, 0.6) is 0 Å². The molecule has 198 valence electrons. The molecule has 13 heteroatoms. The third kappa shape index (κ3) is 6.20. The molecule has 0 aromatic carbocycles. The van der Waals surface area contributed by atoms with E-state index in [-0.39, 0.29) is 35.2 Å². The lowest BCUT2D eigenvalue weighted by Gasteiger charge is -2.28. The lowest BCUT2D eigenvalue weighted by atomic mass is 9.84. The number of nitrogens with one attached hydrogen (secondary N) is 1. The second kappa shape index (κ2) is 10.9. The molecule has 1 amide bonds. The molecular weight excluding hydrogens is 546 g/mol. The first kappa shape index (κ1) is 27.3. The van der Waals surface area contributed by atoms with Gasteiger partial charge in [-0.05, 0) is 38.2 Å². The van der Waals surface area contributed by atoms with Gasteiger partial charge in [-0.1, -0.05) is 55.0 Å². The third-order valence-corrected chi connectivity index (χ3v) is 12.1. The van der Waals surface area contributed by atoms with Crippen LogP contribution in [0.15, 0.2) is 28.0 Å². The van der Waals surface area contributed by atoms with Crippen molar-refractivity contribution in [3.63, 3.8) is 0 Å². The SMILES string of the molecule is Cc1cc(S(=O)(=O)C2CCS(=O)(=O)CC2)cc(=O)n1C(CC1CCCCC1)C(=O)Nc1ncc(Cl)s1. The van der Waals surface area contributed by atoms with E-state index in [1.54, 1.807) is 6.92 Å². The van der Waals surface area contributed by atoms with Gasteiger partial charge in [-0.3, -0.25) is 9.59 Å². The number of rotatable bonds is 7. The molecule has 1 saturated heterocycles. The number of pyridine rings is 1. The number of thiazole rings is 1. The average Bonchev–Trinajstić information content (AvgIpc) is 3.22. The van der Waals surface area contributed by atoms with Crippen molar-refractivity contribution in [2.75, 3.05) is 16.8 Å². The van der Waals surface area contributed by atoms with E-state index < -0.39 is 42.4 Å². The summed E-state index contributed by atoms with van der Waals surface area (Å²) < 4.78 is 51.8. The summed E-state index contributed by atoms with van der Waals surface area (Å²) in [5, 5.41) is 2.23. The van der Waals surface area contributed by atoms with Crippen molar-refractivity contribution in [2.45, 2.75) is 74.5 Å². The molecule has 4 rings (SSSR count). The second-order valence-electron chi connectivity index (χ2n) is 9.65. The van der Waals surface area contributed by atoms with Crippen LogP contribution in [-0.2, 0) is 24.5 Å². The van der Waals surface area contributed by atoms with Crippen molar-refractivity contribution in [3.8, 4) is 0 Å². The molecule has 1 saturated carbocycles. The summed E-state index contributed by atoms with van der Waals surface area (Å²) in [5.41, 5.74) is -0.220. The van der Waals surface area contributed by atoms with E-state index >= 15 is 0 Å². The summed E-state index contributed by atoms with van der Waals surface area (Å²) in [7, 11) is -7.12. The minimum Gasteiger partial charge on any atom is -0.300 e. The fraction of sp³-hybridized carbons (Fsp3) is 0.609. The van der Waals surface area contributed by atoms with Crippen LogP contribution >= 0.6 is 22.9 Å². The van der Waals surface area contributed by atoms with E-state index in [1.165, 1.54) is 16.8 Å². The monoisotopic (exact) mass is 575 g/mol. The van der Waals surface area contributed by atoms with Gasteiger partial charge in [0.15, 0.2) is 15.0 Å². The fourth-order valence-corrected chi connectivity index (χ4v) is 9.63. The molecule has 2 fully saturated rings. The lowest BCUT2D eigenvalue weighted by molar-refractivity contribution is -0.120. The molecule has 0 spiro atoms. The largest absolute Gasteiger partial charge is 0.300 e. The van der Waals surface area contributed by atoms with E-state index in [0.717, 1.165) is 49.5 Å². The molecule has 2 aliphatic rings. The van der Waals surface area contributed by atoms with Crippen LogP contribution in [0.4, 0.5) is 5.13 Å². The Hall–Kier alpha value is -1.76. The van der Waals surface area contributed by atoms with Gasteiger partial charge in [-0.25, -0.2) is 21.8 Å². The Kier molecular flexibility index (Phi) is 8.28. The zero-order valence-corrected chi connectivity index (χ0v) is 23.2. The number of sulfone groups is 2. The summed E-state index contributed by atoms with van der Waals surface area (Å²) in [6, 6.07) is 1.65. The Morgan fingerprint density at radius 1 is 1.19 bits per heavy atom. The minimum atomic E-state index is -3.89. The Morgan fingerprint density at radius 2 is 1.86 bits per heavy atom. The zero-order chi connectivity index (χ0) is 26.1. The van der Waals surface area contributed by atoms with Gasteiger partial charge in [-0.15, -0.1) is 0 Å². The van der Waals surface area contributed by atoms with Crippen LogP contribution in [0.2, 0.25) is 4.34 Å². The first-order valence-corrected chi connectivity index (χ1v) is 16.6. The quantitative estimate of drug-likeness (QED) is 0.531. The topological polar surface area (TPSA) is 132 Å². The van der Waals surface area contributed by atoms with Gasteiger partial charge in [0.25, 0.3) is 5.56 Å². The average molecular weight is 576 g/mol. The number of halogens is 1. The Balaban J connectivity index is 1.65. The highest BCUT2D eigenvalue weighted by Crippen LogP contribution is 2.33. The van der Waals surface area contributed by atoms with Gasteiger partial charge in [0.2, 0.25) is 5.91 Å². The third-order valence-electron chi connectivity index (χ3n) is 7.11. The lowest BCUT2D eigenvalue weighted by Crippen LogP contribution is -2.37. The molecule has 1 atom stereocenters. The van der Waals surface area contributed by atoms with Crippen LogP contribution in [-0.4, -0.2) is 49.0 Å². The standard InChI is InChI=1S/C23H30ClN3O6S3/c1-15-11-18(36(32,33)17-7-9-35(30,31)10-8-17)13-21(28)27(15)19(12-16-5-3-2-4-6-16)22(29)26-23-25-14-20(24)34-23/h11,13-14,16-17,19H,2-10,12H2,1H3,(H,25,26,29). The van der Waals surface area contributed by atoms with Gasteiger partial charge in [-0.2, -0.15) is 0 Å². The highest BCUT2D eigenvalue weighted by molar-refractivity contribution is 7.93. The van der Waals surface area contributed by atoms with Crippen LogP contribution in [0.25, 0.3) is 0 Å². The normalized spacial score (nSPS) is 20.2. The van der Waals surface area contributed by atoms with E-state index in [1.807, 2.05) is 0 Å². The zero-order valence-electron chi connectivity index (χ0n) is 20.0. The first-order chi connectivity index (χ1) is 17.0. The van der Waals surface area contributed by atoms with Crippen LogP contribution in [0.3, 0.4) is 0 Å². The number of amides is 1. The number of aryl methyl sites for hydroxylation is 1. The highest BCUT2D eigenvalue weighted by atomic mass is 35.5. The van der Waals surface area contributed by atoms with Gasteiger partial charge < -0.3 is 9.88 Å². The number of hydrogen-bond acceptors (Lipinski definition) is 8. The molecule has 0 bridgehead atoms. The number of carbonyl (C=O) groups is 1. The summed E-state index contributed by atoms with van der Waals surface area (Å²) in [4.78, 5) is 30.6. The van der Waals surface area contributed by atoms with Crippen molar-refractivity contribution in [2.24, 2.45) is 5.92 Å². The molecule has 36 heavy (non-hydrogen) atoms. The van der Waals surface area contributed by atoms with Crippen molar-refractivity contribution >= 4 is 53.7 Å². The highest BCUT2D eigenvalue weighted by Gasteiger charge is 2.35. The first-order valence-electron chi connectivity index (χ1n) is 12.1. The number of nitrogens with zero attached hydrogens (tertiary/aromatic N) is 2. The maximum atomic E-state index is 13.4. The predicted molar refractivity (Wildman–Crippen MR) is 140 cm³/mol. The Morgan fingerprint density at radius 3 is 2.44 bits per heavy atom. The molecule has 1 unspecified atom stereocenters. The van der Waals surface area contributed by atoms with Crippen LogP contribution < -0.4 is 10.9 Å². The number of carbonyl (C=O) groups excluding carboxylic acids is 1. The van der Waals surface area contributed by atoms with Gasteiger partial charge in [0.1, 0.15) is 20.2 Å². The Labute approximate surface area is 220 Å². The molecule has 3 heterocycles. The van der Waals surface area contributed by atoms with E-state index in [9.17, 15) is 26.4 Å². The molecule has 1 N–H and O–H groups in total. The van der Waals surface area contributed by atoms with Crippen LogP contribution in [0, 0.1) is 12.8 Å². The minimum absolute atomic E-state index is 0.00980. The second-order valence-corrected chi connectivity index (χ2v) is 15.8. The number of aromatic nitrogens is 2. The molecule has 0 radical (unpaired) electrons. The molecule has 1 aliphatic heterocycles. The molecule has 9 nitrogen and oxygen atoms in total. The van der Waals surface area contributed by atoms with Gasteiger partial charge in [0, 0.05) is 11.8 Å². The van der Waals surface area contributed by atoms with Crippen molar-refractivity contribution < 1.29 is 21.6 Å². The van der Waals surface area contributed by atoms with Crippen molar-refractivity contribution in [1.29, 1.82) is 0 Å². The van der Waals surface area contributed by atoms with Gasteiger partial charge >= 0.3 is 0 Å². The molecule has 2 aromatic rings. The molecule has 1 aliphatic carbocycles. The van der Waals surface area contributed by atoms with Crippen molar-refractivity contribution in [1.82, 2.24) is 9.55 Å². The van der Waals surface area contributed by atoms with Crippen LogP contribution in [0.1, 0.15) is 63.1 Å². The maximum Gasteiger partial charge on any atom is 0.252 e. The summed E-state index contributed by atoms with van der Waals surface area (Å²) >= 11 is 7.06. The number of anilines is 1. The fourth-order valence-electron chi connectivity index (χ4n) is 5.19. The van der Waals surface area contributed by atoms with Crippen molar-refractivity contribution in [3.05, 3.63) is 38.7 Å². The molecular formula is C23H30ClN3O6S3. The van der Waals surface area contributed by atoms with E-state index in [2.05, 4.69) is 10.3 Å². The summed E-state index contributed by atoms with van der Waals surface area (Å²) in [6.07, 6.45) is 7.15.